The van der Waals surface area contributed by atoms with Gasteiger partial charge in [0, 0.05) is 0 Å². The minimum atomic E-state index is -1.27. The molecule has 1 aromatic carbocycles. The molecule has 1 saturated carbocycles. The number of aromatic carboxylic acids is 1. The maximum absolute atomic E-state index is 13.4. The van der Waals surface area contributed by atoms with Gasteiger partial charge in [0.05, 0.1) is 12.2 Å². The molecule has 3 nitrogen and oxygen atoms in total. The summed E-state index contributed by atoms with van der Waals surface area (Å²) in [5, 5.41) is 8.81. The summed E-state index contributed by atoms with van der Waals surface area (Å²) in [5.74, 6) is -0.939. The fourth-order valence-corrected chi connectivity index (χ4v) is 1.47. The van der Waals surface area contributed by atoms with E-state index in [4.69, 9.17) is 9.84 Å². The molecule has 0 amide bonds. The molecule has 0 aliphatic heterocycles. The minimum Gasteiger partial charge on any atom is -0.493 e. The zero-order chi connectivity index (χ0) is 11.7. The normalized spacial score (nSPS) is 14.9. The third kappa shape index (κ3) is 2.32. The highest BCUT2D eigenvalue weighted by atomic mass is 19.1. The Morgan fingerprint density at radius 2 is 2.25 bits per heavy atom. The Kier molecular flexibility index (Phi) is 2.81. The molecule has 0 radical (unpaired) electrons. The fourth-order valence-electron chi connectivity index (χ4n) is 1.47. The second kappa shape index (κ2) is 4.12. The van der Waals surface area contributed by atoms with Crippen LogP contribution in [0.5, 0.6) is 5.75 Å². The number of hydrogen-bond acceptors (Lipinski definition) is 2. The molecule has 0 heterocycles. The number of aryl methyl sites for hydroxylation is 1. The van der Waals surface area contributed by atoms with Crippen LogP contribution in [0.1, 0.15) is 28.8 Å². The summed E-state index contributed by atoms with van der Waals surface area (Å²) < 4.78 is 18.8. The Morgan fingerprint density at radius 1 is 1.56 bits per heavy atom. The van der Waals surface area contributed by atoms with Crippen molar-refractivity contribution >= 4 is 5.97 Å². The Hall–Kier alpha value is -1.58. The van der Waals surface area contributed by atoms with Crippen LogP contribution in [0.3, 0.4) is 0 Å². The van der Waals surface area contributed by atoms with Crippen molar-refractivity contribution in [1.29, 1.82) is 0 Å². The van der Waals surface area contributed by atoms with Crippen LogP contribution in [0.15, 0.2) is 12.1 Å². The molecule has 0 spiro atoms. The zero-order valence-corrected chi connectivity index (χ0v) is 9.00. The lowest BCUT2D eigenvalue weighted by Gasteiger charge is -2.08. The van der Waals surface area contributed by atoms with Crippen LogP contribution in [-0.4, -0.2) is 17.7 Å². The van der Waals surface area contributed by atoms with Gasteiger partial charge in [-0.05, 0) is 43.4 Å². The van der Waals surface area contributed by atoms with Gasteiger partial charge in [-0.15, -0.1) is 0 Å². The van der Waals surface area contributed by atoms with Crippen LogP contribution >= 0.6 is 0 Å². The third-order valence-electron chi connectivity index (χ3n) is 2.64. The van der Waals surface area contributed by atoms with Crippen LogP contribution in [0, 0.1) is 18.7 Å². The van der Waals surface area contributed by atoms with E-state index in [9.17, 15) is 9.18 Å². The maximum atomic E-state index is 13.4. The molecule has 1 aromatic rings. The predicted octanol–water partition coefficient (Wildman–Crippen LogP) is 2.62. The molecule has 0 aromatic heterocycles. The van der Waals surface area contributed by atoms with E-state index in [-0.39, 0.29) is 5.56 Å². The number of rotatable bonds is 4. The SMILES string of the molecule is Cc1cc(OCC2CC2)cc(C(=O)O)c1F. The van der Waals surface area contributed by atoms with Crippen molar-refractivity contribution in [2.75, 3.05) is 6.61 Å². The molecule has 16 heavy (non-hydrogen) atoms. The predicted molar refractivity (Wildman–Crippen MR) is 56.3 cm³/mol. The maximum Gasteiger partial charge on any atom is 0.338 e. The molecule has 1 fully saturated rings. The van der Waals surface area contributed by atoms with Gasteiger partial charge in [0.25, 0.3) is 0 Å². The quantitative estimate of drug-likeness (QED) is 0.855. The molecular weight excluding hydrogens is 211 g/mol. The van der Waals surface area contributed by atoms with E-state index in [2.05, 4.69) is 0 Å². The molecule has 0 atom stereocenters. The monoisotopic (exact) mass is 224 g/mol. The molecule has 0 saturated heterocycles. The first-order valence-electron chi connectivity index (χ1n) is 5.24. The van der Waals surface area contributed by atoms with Crippen molar-refractivity contribution in [3.63, 3.8) is 0 Å². The van der Waals surface area contributed by atoms with Crippen molar-refractivity contribution in [3.8, 4) is 5.75 Å². The van der Waals surface area contributed by atoms with E-state index in [0.29, 0.717) is 23.8 Å². The summed E-state index contributed by atoms with van der Waals surface area (Å²) in [6.07, 6.45) is 2.32. The molecule has 1 aliphatic rings. The Balaban J connectivity index is 2.20. The van der Waals surface area contributed by atoms with Crippen molar-refractivity contribution in [3.05, 3.63) is 29.1 Å². The van der Waals surface area contributed by atoms with E-state index in [1.165, 1.54) is 19.1 Å². The van der Waals surface area contributed by atoms with Crippen LogP contribution in [-0.2, 0) is 0 Å². The van der Waals surface area contributed by atoms with E-state index in [0.717, 1.165) is 12.8 Å². The largest absolute Gasteiger partial charge is 0.493 e. The minimum absolute atomic E-state index is 0.297. The number of halogens is 1. The fraction of sp³-hybridized carbons (Fsp3) is 0.417. The van der Waals surface area contributed by atoms with Gasteiger partial charge in [0.2, 0.25) is 0 Å². The van der Waals surface area contributed by atoms with Gasteiger partial charge in [-0.1, -0.05) is 0 Å². The summed E-state index contributed by atoms with van der Waals surface area (Å²) in [6.45, 7) is 2.12. The number of ether oxygens (including phenoxy) is 1. The highest BCUT2D eigenvalue weighted by Gasteiger charge is 2.22. The molecule has 0 unspecified atom stereocenters. The first-order chi connectivity index (χ1) is 7.58. The average molecular weight is 224 g/mol. The second-order valence-corrected chi connectivity index (χ2v) is 4.16. The topological polar surface area (TPSA) is 46.5 Å². The molecule has 2 rings (SSSR count). The summed E-state index contributed by atoms with van der Waals surface area (Å²) in [4.78, 5) is 10.8. The lowest BCUT2D eigenvalue weighted by Crippen LogP contribution is -2.05. The number of hydrogen-bond donors (Lipinski definition) is 1. The summed E-state index contributed by atoms with van der Waals surface area (Å²) in [7, 11) is 0. The van der Waals surface area contributed by atoms with Gasteiger partial charge in [0.1, 0.15) is 11.6 Å². The van der Waals surface area contributed by atoms with Gasteiger partial charge < -0.3 is 9.84 Å². The van der Waals surface area contributed by atoms with Crippen molar-refractivity contribution < 1.29 is 19.0 Å². The first kappa shape index (κ1) is 10.9. The van der Waals surface area contributed by atoms with Crippen LogP contribution < -0.4 is 4.74 Å². The van der Waals surface area contributed by atoms with Crippen molar-refractivity contribution in [2.45, 2.75) is 19.8 Å². The first-order valence-corrected chi connectivity index (χ1v) is 5.24. The van der Waals surface area contributed by atoms with E-state index in [1.54, 1.807) is 0 Å². The van der Waals surface area contributed by atoms with Crippen LogP contribution in [0.2, 0.25) is 0 Å². The Bertz CT molecular complexity index is 425. The summed E-state index contributed by atoms with van der Waals surface area (Å²) in [6, 6.07) is 2.78. The smallest absolute Gasteiger partial charge is 0.338 e. The molecule has 86 valence electrons. The number of carbonyl (C=O) groups is 1. The summed E-state index contributed by atoms with van der Waals surface area (Å²) >= 11 is 0. The third-order valence-corrected chi connectivity index (χ3v) is 2.64. The highest BCUT2D eigenvalue weighted by Crippen LogP contribution is 2.30. The standard InChI is InChI=1S/C12H13FO3/c1-7-4-9(16-6-8-2-3-8)5-10(11(7)13)12(14)15/h4-5,8H,2-3,6H2,1H3,(H,14,15). The van der Waals surface area contributed by atoms with Gasteiger partial charge in [0.15, 0.2) is 0 Å². The van der Waals surface area contributed by atoms with E-state index < -0.39 is 11.8 Å². The lowest BCUT2D eigenvalue weighted by atomic mass is 10.1. The average Bonchev–Trinajstić information content (AvgIpc) is 3.02. The second-order valence-electron chi connectivity index (χ2n) is 4.16. The lowest BCUT2D eigenvalue weighted by molar-refractivity contribution is 0.0691. The van der Waals surface area contributed by atoms with Crippen LogP contribution in [0.4, 0.5) is 4.39 Å². The van der Waals surface area contributed by atoms with Gasteiger partial charge in [-0.25, -0.2) is 9.18 Å². The molecule has 1 aliphatic carbocycles. The van der Waals surface area contributed by atoms with Gasteiger partial charge in [-0.2, -0.15) is 0 Å². The summed E-state index contributed by atoms with van der Waals surface area (Å²) in [5.41, 5.74) is -0.0310. The highest BCUT2D eigenvalue weighted by molar-refractivity contribution is 5.88. The zero-order valence-electron chi connectivity index (χ0n) is 9.00. The van der Waals surface area contributed by atoms with Gasteiger partial charge in [-0.3, -0.25) is 0 Å². The van der Waals surface area contributed by atoms with Crippen molar-refractivity contribution in [1.82, 2.24) is 0 Å². The van der Waals surface area contributed by atoms with E-state index >= 15 is 0 Å². The Morgan fingerprint density at radius 3 is 2.81 bits per heavy atom. The van der Waals surface area contributed by atoms with E-state index in [1.807, 2.05) is 0 Å². The molecule has 0 bridgehead atoms. The number of carboxylic acids is 1. The molecule has 4 heteroatoms. The molecular formula is C12H13FO3. The van der Waals surface area contributed by atoms with Gasteiger partial charge >= 0.3 is 5.97 Å². The van der Waals surface area contributed by atoms with Crippen molar-refractivity contribution in [2.24, 2.45) is 5.92 Å². The number of benzene rings is 1. The number of carboxylic acid groups (broad SMARTS) is 1. The van der Waals surface area contributed by atoms with Crippen LogP contribution in [0.25, 0.3) is 0 Å². The Labute approximate surface area is 92.9 Å². The molecule has 1 N–H and O–H groups in total.